The van der Waals surface area contributed by atoms with Crippen molar-refractivity contribution in [1.82, 2.24) is 9.78 Å². The maximum Gasteiger partial charge on any atom is 0.328 e. The number of carbonyl (C=O) groups excluding carboxylic acids is 1. The molecule has 0 aliphatic rings. The summed E-state index contributed by atoms with van der Waals surface area (Å²) in [6, 6.07) is 0. The van der Waals surface area contributed by atoms with Gasteiger partial charge in [0.15, 0.2) is 5.75 Å². The fourth-order valence-corrected chi connectivity index (χ4v) is 1.56. The fourth-order valence-electron chi connectivity index (χ4n) is 1.56. The number of ether oxygens (including phenoxy) is 2. The van der Waals surface area contributed by atoms with E-state index >= 15 is 0 Å². The third-order valence-corrected chi connectivity index (χ3v) is 2.34. The van der Waals surface area contributed by atoms with Crippen molar-refractivity contribution in [3.63, 3.8) is 0 Å². The summed E-state index contributed by atoms with van der Waals surface area (Å²) >= 11 is 0. The van der Waals surface area contributed by atoms with Crippen LogP contribution in [0.4, 0.5) is 0 Å². The molecule has 0 fully saturated rings. The molecular formula is C14H25N3O3. The molecule has 0 spiro atoms. The van der Waals surface area contributed by atoms with Crippen LogP contribution in [-0.4, -0.2) is 33.0 Å². The van der Waals surface area contributed by atoms with Gasteiger partial charge in [0.2, 0.25) is 0 Å². The fraction of sp³-hybridized carbons (Fsp3) is 0.714. The molecule has 0 saturated heterocycles. The van der Waals surface area contributed by atoms with Crippen LogP contribution in [0.3, 0.4) is 0 Å². The molecule has 114 valence electrons. The van der Waals surface area contributed by atoms with Gasteiger partial charge in [-0.25, -0.2) is 4.79 Å². The van der Waals surface area contributed by atoms with E-state index in [4.69, 9.17) is 15.2 Å². The van der Waals surface area contributed by atoms with Crippen LogP contribution in [0.1, 0.15) is 41.5 Å². The van der Waals surface area contributed by atoms with E-state index in [-0.39, 0.29) is 12.6 Å². The molecule has 20 heavy (non-hydrogen) atoms. The quantitative estimate of drug-likeness (QED) is 0.832. The topological polar surface area (TPSA) is 79.4 Å². The Bertz CT molecular complexity index is 458. The SMILES string of the molecule is CC(C)Oc1cnn(CC(C)(N)C(=O)OC(C)(C)C)c1. The number of nitrogens with two attached hydrogens (primary N) is 1. The summed E-state index contributed by atoms with van der Waals surface area (Å²) in [5.74, 6) is 0.201. The molecule has 0 saturated carbocycles. The smallest absolute Gasteiger partial charge is 0.328 e. The number of esters is 1. The highest BCUT2D eigenvalue weighted by molar-refractivity contribution is 5.80. The Kier molecular flexibility index (Phi) is 4.81. The van der Waals surface area contributed by atoms with Crippen LogP contribution in [0.15, 0.2) is 12.4 Å². The van der Waals surface area contributed by atoms with Crippen molar-refractivity contribution < 1.29 is 14.3 Å². The van der Waals surface area contributed by atoms with Gasteiger partial charge < -0.3 is 15.2 Å². The third kappa shape index (κ3) is 5.21. The van der Waals surface area contributed by atoms with E-state index in [1.165, 1.54) is 0 Å². The highest BCUT2D eigenvalue weighted by Gasteiger charge is 2.34. The van der Waals surface area contributed by atoms with Gasteiger partial charge in [-0.1, -0.05) is 0 Å². The Morgan fingerprint density at radius 3 is 2.50 bits per heavy atom. The minimum Gasteiger partial charge on any atom is -0.488 e. The first kappa shape index (κ1) is 16.5. The number of aromatic nitrogens is 2. The van der Waals surface area contributed by atoms with Gasteiger partial charge in [-0.3, -0.25) is 4.68 Å². The normalized spacial score (nSPS) is 15.0. The molecule has 0 aliphatic heterocycles. The number of hydrogen-bond donors (Lipinski definition) is 1. The van der Waals surface area contributed by atoms with Crippen LogP contribution in [0, 0.1) is 0 Å². The average Bonchev–Trinajstić information content (AvgIpc) is 2.60. The molecule has 2 N–H and O–H groups in total. The monoisotopic (exact) mass is 283 g/mol. The largest absolute Gasteiger partial charge is 0.488 e. The third-order valence-electron chi connectivity index (χ3n) is 2.34. The predicted molar refractivity (Wildman–Crippen MR) is 76.4 cm³/mol. The van der Waals surface area contributed by atoms with Crippen LogP contribution in [0.25, 0.3) is 0 Å². The van der Waals surface area contributed by atoms with Gasteiger partial charge in [-0.15, -0.1) is 0 Å². The number of hydrogen-bond acceptors (Lipinski definition) is 5. The lowest BCUT2D eigenvalue weighted by Gasteiger charge is -2.28. The van der Waals surface area contributed by atoms with Crippen molar-refractivity contribution >= 4 is 5.97 Å². The molecule has 0 aliphatic carbocycles. The maximum atomic E-state index is 12.0. The van der Waals surface area contributed by atoms with Gasteiger partial charge in [0.25, 0.3) is 0 Å². The molecule has 0 aromatic carbocycles. The van der Waals surface area contributed by atoms with Gasteiger partial charge in [0.05, 0.1) is 25.0 Å². The highest BCUT2D eigenvalue weighted by atomic mass is 16.6. The van der Waals surface area contributed by atoms with Gasteiger partial charge in [0.1, 0.15) is 11.1 Å². The Hall–Kier alpha value is -1.56. The van der Waals surface area contributed by atoms with Crippen molar-refractivity contribution in [3.05, 3.63) is 12.4 Å². The molecule has 1 aromatic heterocycles. The van der Waals surface area contributed by atoms with Crippen LogP contribution < -0.4 is 10.5 Å². The lowest BCUT2D eigenvalue weighted by molar-refractivity contribution is -0.161. The van der Waals surface area contributed by atoms with Gasteiger partial charge in [-0.2, -0.15) is 5.10 Å². The second-order valence-corrected chi connectivity index (χ2v) is 6.46. The summed E-state index contributed by atoms with van der Waals surface area (Å²) in [4.78, 5) is 12.0. The molecule has 0 radical (unpaired) electrons. The van der Waals surface area contributed by atoms with Crippen molar-refractivity contribution in [2.45, 2.75) is 65.3 Å². The second-order valence-electron chi connectivity index (χ2n) is 6.46. The van der Waals surface area contributed by atoms with Gasteiger partial charge in [-0.05, 0) is 41.5 Å². The summed E-state index contributed by atoms with van der Waals surface area (Å²) < 4.78 is 12.4. The molecular weight excluding hydrogens is 258 g/mol. The van der Waals surface area contributed by atoms with E-state index in [0.717, 1.165) is 0 Å². The average molecular weight is 283 g/mol. The van der Waals surface area contributed by atoms with Crippen molar-refractivity contribution in [3.8, 4) is 5.75 Å². The Balaban J connectivity index is 2.70. The van der Waals surface area contributed by atoms with Gasteiger partial charge in [0, 0.05) is 0 Å². The predicted octanol–water partition coefficient (Wildman–Crippen LogP) is 1.73. The van der Waals surface area contributed by atoms with E-state index < -0.39 is 17.1 Å². The van der Waals surface area contributed by atoms with Crippen molar-refractivity contribution in [2.75, 3.05) is 0 Å². The van der Waals surface area contributed by atoms with Crippen LogP contribution in [0.5, 0.6) is 5.75 Å². The zero-order chi connectivity index (χ0) is 15.6. The molecule has 6 heteroatoms. The summed E-state index contributed by atoms with van der Waals surface area (Å²) in [5, 5.41) is 4.14. The Labute approximate surface area is 120 Å². The van der Waals surface area contributed by atoms with Crippen LogP contribution >= 0.6 is 0 Å². The molecule has 1 heterocycles. The molecule has 0 bridgehead atoms. The maximum absolute atomic E-state index is 12.0. The first-order valence-electron chi connectivity index (χ1n) is 6.71. The molecule has 1 aromatic rings. The highest BCUT2D eigenvalue weighted by Crippen LogP contribution is 2.16. The zero-order valence-electron chi connectivity index (χ0n) is 13.1. The Morgan fingerprint density at radius 2 is 2.00 bits per heavy atom. The molecule has 1 atom stereocenters. The molecule has 1 unspecified atom stereocenters. The van der Waals surface area contributed by atoms with E-state index in [1.54, 1.807) is 24.0 Å². The standard InChI is InChI=1S/C14H25N3O3/c1-10(2)19-11-7-16-17(8-11)9-14(6,15)12(18)20-13(3,4)5/h7-8,10H,9,15H2,1-6H3. The molecule has 6 nitrogen and oxygen atoms in total. The Morgan fingerprint density at radius 1 is 1.40 bits per heavy atom. The van der Waals surface area contributed by atoms with Crippen molar-refractivity contribution in [2.24, 2.45) is 5.73 Å². The lowest BCUT2D eigenvalue weighted by atomic mass is 10.0. The summed E-state index contributed by atoms with van der Waals surface area (Å²) in [6.45, 7) is 11.2. The van der Waals surface area contributed by atoms with Crippen molar-refractivity contribution in [1.29, 1.82) is 0 Å². The van der Waals surface area contributed by atoms with E-state index in [0.29, 0.717) is 5.75 Å². The first-order valence-corrected chi connectivity index (χ1v) is 6.71. The lowest BCUT2D eigenvalue weighted by Crippen LogP contribution is -2.51. The minimum atomic E-state index is -1.14. The van der Waals surface area contributed by atoms with Gasteiger partial charge >= 0.3 is 5.97 Å². The number of carbonyl (C=O) groups is 1. The van der Waals surface area contributed by atoms with E-state index in [9.17, 15) is 4.79 Å². The minimum absolute atomic E-state index is 0.0720. The first-order chi connectivity index (χ1) is 8.99. The second kappa shape index (κ2) is 5.83. The molecule has 1 rings (SSSR count). The zero-order valence-corrected chi connectivity index (χ0v) is 13.1. The van der Waals surface area contributed by atoms with E-state index in [1.807, 2.05) is 34.6 Å². The molecule has 0 amide bonds. The summed E-state index contributed by atoms with van der Waals surface area (Å²) in [5.41, 5.74) is 4.33. The van der Waals surface area contributed by atoms with Crippen LogP contribution in [0.2, 0.25) is 0 Å². The van der Waals surface area contributed by atoms with E-state index in [2.05, 4.69) is 5.10 Å². The number of nitrogens with zero attached hydrogens (tertiary/aromatic N) is 2. The number of rotatable bonds is 5. The summed E-state index contributed by atoms with van der Waals surface area (Å²) in [7, 11) is 0. The summed E-state index contributed by atoms with van der Waals surface area (Å²) in [6.07, 6.45) is 3.39. The van der Waals surface area contributed by atoms with Crippen LogP contribution in [-0.2, 0) is 16.1 Å².